The zero-order valence-corrected chi connectivity index (χ0v) is 45.0. The van der Waals surface area contributed by atoms with E-state index in [1.54, 1.807) is 0 Å². The fourth-order valence-corrected chi connectivity index (χ4v) is 7.96. The summed E-state index contributed by atoms with van der Waals surface area (Å²) in [6.07, 6.45) is 85.1. The number of esters is 2. The van der Waals surface area contributed by atoms with Crippen LogP contribution in [0.15, 0.2) is 109 Å². The van der Waals surface area contributed by atoms with E-state index in [0.717, 1.165) is 96.3 Å². The van der Waals surface area contributed by atoms with Gasteiger partial charge in [0.2, 0.25) is 0 Å². The van der Waals surface area contributed by atoms with E-state index >= 15 is 0 Å². The van der Waals surface area contributed by atoms with Gasteiger partial charge < -0.3 is 14.6 Å². The van der Waals surface area contributed by atoms with Crippen molar-refractivity contribution in [3.8, 4) is 0 Å². The highest BCUT2D eigenvalue weighted by Gasteiger charge is 2.16. The number of hydrogen-bond acceptors (Lipinski definition) is 5. The molecule has 0 aromatic rings. The molecule has 69 heavy (non-hydrogen) atoms. The summed E-state index contributed by atoms with van der Waals surface area (Å²) in [7, 11) is 0. The molecule has 0 amide bonds. The zero-order chi connectivity index (χ0) is 49.9. The van der Waals surface area contributed by atoms with Crippen LogP contribution in [0.25, 0.3) is 0 Å². The van der Waals surface area contributed by atoms with Crippen molar-refractivity contribution in [2.24, 2.45) is 0 Å². The molecular weight excluding hydrogens is 849 g/mol. The van der Waals surface area contributed by atoms with Gasteiger partial charge in [-0.05, 0) is 96.3 Å². The smallest absolute Gasteiger partial charge is 0.306 e. The molecule has 0 rings (SSSR count). The lowest BCUT2D eigenvalue weighted by Gasteiger charge is -2.15. The summed E-state index contributed by atoms with van der Waals surface area (Å²) in [5.41, 5.74) is 0. The Morgan fingerprint density at radius 3 is 0.942 bits per heavy atom. The summed E-state index contributed by atoms with van der Waals surface area (Å²) in [4.78, 5) is 24.4. The quantitative estimate of drug-likeness (QED) is 0.0374. The molecular formula is C64H108O5. The molecule has 0 fully saturated rings. The molecule has 0 aliphatic heterocycles. The van der Waals surface area contributed by atoms with E-state index in [-0.39, 0.29) is 25.2 Å². The number of ether oxygens (including phenoxy) is 2. The molecule has 1 N–H and O–H groups in total. The van der Waals surface area contributed by atoms with E-state index in [1.807, 2.05) is 0 Å². The van der Waals surface area contributed by atoms with Gasteiger partial charge in [0.1, 0.15) is 6.61 Å². The summed E-state index contributed by atoms with van der Waals surface area (Å²) in [5, 5.41) is 9.63. The molecule has 0 aromatic carbocycles. The first-order chi connectivity index (χ1) is 34.1. The predicted octanol–water partition coefficient (Wildman–Crippen LogP) is 19.7. The molecule has 0 radical (unpaired) electrons. The van der Waals surface area contributed by atoms with Crippen LogP contribution in [0, 0.1) is 0 Å². The Hall–Kier alpha value is -3.44. The van der Waals surface area contributed by atoms with E-state index in [4.69, 9.17) is 9.47 Å². The van der Waals surface area contributed by atoms with Gasteiger partial charge in [-0.25, -0.2) is 0 Å². The largest absolute Gasteiger partial charge is 0.462 e. The number of allylic oxidation sites excluding steroid dienone is 18. The van der Waals surface area contributed by atoms with Gasteiger partial charge in [-0.15, -0.1) is 0 Å². The standard InChI is InChI=1S/C64H108O5/c1-3-5-7-9-11-13-15-17-19-20-21-22-23-24-25-26-27-28-29-30-31-32-33-34-35-36-37-38-39-40-41-42-43-44-45-47-49-51-53-55-57-59-64(67)69-62(60-65)61-68-63(66)58-56-54-52-50-48-46-18-16-14-12-10-8-6-4-2/h5,7,10-13,16-19,21-22,24-25,27-28,30-31,62,65H,3-4,6,8-9,14-15,20,23,26,29,32-61H2,1-2H3/b7-5-,12-10-,13-11-,18-16-,19-17-,22-21-,25-24-,28-27-,31-30-. The molecule has 1 unspecified atom stereocenters. The van der Waals surface area contributed by atoms with E-state index < -0.39 is 6.10 Å². The number of rotatable bonds is 52. The predicted molar refractivity (Wildman–Crippen MR) is 302 cm³/mol. The summed E-state index contributed by atoms with van der Waals surface area (Å²) in [5.74, 6) is -0.604. The highest BCUT2D eigenvalue weighted by molar-refractivity contribution is 5.70. The van der Waals surface area contributed by atoms with Crippen LogP contribution in [0.5, 0.6) is 0 Å². The monoisotopic (exact) mass is 957 g/mol. The summed E-state index contributed by atoms with van der Waals surface area (Å²) in [6.45, 7) is 3.98. The fourth-order valence-electron chi connectivity index (χ4n) is 7.96. The Labute approximate surface area is 427 Å². The van der Waals surface area contributed by atoms with Gasteiger partial charge in [0, 0.05) is 12.8 Å². The second-order valence-electron chi connectivity index (χ2n) is 19.0. The molecule has 0 aliphatic carbocycles. The number of hydrogen-bond donors (Lipinski definition) is 1. The van der Waals surface area contributed by atoms with Crippen LogP contribution in [0.3, 0.4) is 0 Å². The molecule has 1 atom stereocenters. The van der Waals surface area contributed by atoms with Gasteiger partial charge in [-0.3, -0.25) is 9.59 Å². The fraction of sp³-hybridized carbons (Fsp3) is 0.688. The van der Waals surface area contributed by atoms with Crippen LogP contribution in [0.1, 0.15) is 264 Å². The van der Waals surface area contributed by atoms with Crippen molar-refractivity contribution in [1.29, 1.82) is 0 Å². The summed E-state index contributed by atoms with van der Waals surface area (Å²) < 4.78 is 10.7. The molecule has 0 saturated carbocycles. The van der Waals surface area contributed by atoms with Crippen molar-refractivity contribution >= 4 is 11.9 Å². The SMILES string of the molecule is CC/C=C\C/C=C\C/C=C\C/C=C\C/C=C\C/C=C\C/C=C\CCCCCCCCCCCCCCCCCCCCCC(=O)OC(CO)COC(=O)CCCCCCC/C=C\C/C=C\CCCC. The van der Waals surface area contributed by atoms with Crippen molar-refractivity contribution in [1.82, 2.24) is 0 Å². The number of carbonyl (C=O) groups excluding carboxylic acids is 2. The van der Waals surface area contributed by atoms with Crippen LogP contribution in [0.2, 0.25) is 0 Å². The van der Waals surface area contributed by atoms with Crippen LogP contribution in [0.4, 0.5) is 0 Å². The molecule has 0 heterocycles. The third-order valence-electron chi connectivity index (χ3n) is 12.3. The molecule has 0 saturated heterocycles. The zero-order valence-electron chi connectivity index (χ0n) is 45.0. The minimum Gasteiger partial charge on any atom is -0.462 e. The maximum atomic E-state index is 12.3. The Morgan fingerprint density at radius 1 is 0.348 bits per heavy atom. The Morgan fingerprint density at radius 2 is 0.623 bits per heavy atom. The van der Waals surface area contributed by atoms with E-state index in [9.17, 15) is 14.7 Å². The maximum Gasteiger partial charge on any atom is 0.306 e. The molecule has 0 aromatic heterocycles. The van der Waals surface area contributed by atoms with Crippen LogP contribution < -0.4 is 0 Å². The van der Waals surface area contributed by atoms with Crippen molar-refractivity contribution < 1.29 is 24.2 Å². The first-order valence-electron chi connectivity index (χ1n) is 28.9. The molecule has 0 spiro atoms. The Bertz CT molecular complexity index is 1360. The Balaban J connectivity index is 3.47. The van der Waals surface area contributed by atoms with Gasteiger partial charge in [0.05, 0.1) is 6.61 Å². The number of aliphatic hydroxyl groups excluding tert-OH is 1. The molecule has 5 nitrogen and oxygen atoms in total. The third-order valence-corrected chi connectivity index (χ3v) is 12.3. The minimum atomic E-state index is -0.781. The third kappa shape index (κ3) is 57.0. The number of aliphatic hydroxyl groups is 1. The number of unbranched alkanes of at least 4 members (excludes halogenated alkanes) is 26. The van der Waals surface area contributed by atoms with Gasteiger partial charge in [-0.1, -0.05) is 264 Å². The first-order valence-corrected chi connectivity index (χ1v) is 28.9. The second-order valence-corrected chi connectivity index (χ2v) is 19.0. The Kier molecular flexibility index (Phi) is 55.9. The van der Waals surface area contributed by atoms with Crippen molar-refractivity contribution in [2.75, 3.05) is 13.2 Å². The normalized spacial score (nSPS) is 13.0. The van der Waals surface area contributed by atoms with Gasteiger partial charge in [0.15, 0.2) is 6.10 Å². The van der Waals surface area contributed by atoms with E-state index in [1.165, 1.54) is 141 Å². The lowest BCUT2D eigenvalue weighted by atomic mass is 10.0. The lowest BCUT2D eigenvalue weighted by Crippen LogP contribution is -2.28. The first kappa shape index (κ1) is 65.6. The van der Waals surface area contributed by atoms with Crippen LogP contribution in [-0.4, -0.2) is 36.4 Å². The maximum absolute atomic E-state index is 12.3. The van der Waals surface area contributed by atoms with Crippen molar-refractivity contribution in [3.05, 3.63) is 109 Å². The van der Waals surface area contributed by atoms with E-state index in [2.05, 4.69) is 123 Å². The topological polar surface area (TPSA) is 72.8 Å². The highest BCUT2D eigenvalue weighted by atomic mass is 16.6. The van der Waals surface area contributed by atoms with Crippen LogP contribution in [-0.2, 0) is 19.1 Å². The van der Waals surface area contributed by atoms with Gasteiger partial charge in [-0.2, -0.15) is 0 Å². The summed E-state index contributed by atoms with van der Waals surface area (Å²) >= 11 is 0. The average molecular weight is 958 g/mol. The molecule has 0 aliphatic rings. The highest BCUT2D eigenvalue weighted by Crippen LogP contribution is 2.16. The molecule has 394 valence electrons. The molecule has 5 heteroatoms. The van der Waals surface area contributed by atoms with Crippen molar-refractivity contribution in [2.45, 2.75) is 270 Å². The average Bonchev–Trinajstić information content (AvgIpc) is 3.35. The van der Waals surface area contributed by atoms with Crippen molar-refractivity contribution in [3.63, 3.8) is 0 Å². The van der Waals surface area contributed by atoms with E-state index in [0.29, 0.717) is 12.8 Å². The summed E-state index contributed by atoms with van der Waals surface area (Å²) in [6, 6.07) is 0. The lowest BCUT2D eigenvalue weighted by molar-refractivity contribution is -0.161. The van der Waals surface area contributed by atoms with Gasteiger partial charge in [0.25, 0.3) is 0 Å². The molecule has 0 bridgehead atoms. The van der Waals surface area contributed by atoms with Crippen LogP contribution >= 0.6 is 0 Å². The minimum absolute atomic E-state index is 0.0746. The van der Waals surface area contributed by atoms with Gasteiger partial charge >= 0.3 is 11.9 Å². The second kappa shape index (κ2) is 58.9. The number of carbonyl (C=O) groups is 2.